The van der Waals surface area contributed by atoms with Crippen LogP contribution in [0.25, 0.3) is 0 Å². The van der Waals surface area contributed by atoms with E-state index in [0.717, 1.165) is 17.1 Å². The molecular formula is C26H29N3O3. The first-order valence-electron chi connectivity index (χ1n) is 11.0. The van der Waals surface area contributed by atoms with Crippen LogP contribution in [0.15, 0.2) is 60.8 Å². The topological polar surface area (TPSA) is 74.7 Å². The van der Waals surface area contributed by atoms with Gasteiger partial charge in [-0.15, -0.1) is 0 Å². The molecule has 0 spiro atoms. The summed E-state index contributed by atoms with van der Waals surface area (Å²) in [5.74, 6) is 0.0991. The van der Waals surface area contributed by atoms with Crippen LogP contribution in [0.4, 0.5) is 22.7 Å². The normalized spacial score (nSPS) is 14.1. The lowest BCUT2D eigenvalue weighted by atomic mass is 9.87. The quantitative estimate of drug-likeness (QED) is 0.454. The zero-order valence-corrected chi connectivity index (χ0v) is 18.5. The molecule has 0 atom stereocenters. The van der Waals surface area contributed by atoms with Gasteiger partial charge in [0.2, 0.25) is 0 Å². The number of carboxylic acid groups (broad SMARTS) is 1. The highest BCUT2D eigenvalue weighted by molar-refractivity contribution is 5.95. The monoisotopic (exact) mass is 431 g/mol. The average Bonchev–Trinajstić information content (AvgIpc) is 2.85. The molecule has 0 aliphatic heterocycles. The van der Waals surface area contributed by atoms with Gasteiger partial charge in [0.1, 0.15) is 5.75 Å². The first kappa shape index (κ1) is 21.7. The minimum Gasteiger partial charge on any atom is -0.497 e. The van der Waals surface area contributed by atoms with Crippen molar-refractivity contribution in [3.8, 4) is 5.75 Å². The molecule has 1 saturated carbocycles. The molecule has 3 aromatic rings. The Balaban J connectivity index is 1.46. The molecule has 6 heteroatoms. The van der Waals surface area contributed by atoms with Gasteiger partial charge >= 0.3 is 5.97 Å². The van der Waals surface area contributed by atoms with Gasteiger partial charge in [-0.05, 0) is 67.4 Å². The van der Waals surface area contributed by atoms with E-state index in [9.17, 15) is 9.90 Å². The Bertz CT molecular complexity index is 1060. The number of carboxylic acids is 1. The van der Waals surface area contributed by atoms with Gasteiger partial charge in [0.25, 0.3) is 0 Å². The van der Waals surface area contributed by atoms with Crippen molar-refractivity contribution in [2.24, 2.45) is 0 Å². The van der Waals surface area contributed by atoms with Gasteiger partial charge in [-0.3, -0.25) is 4.98 Å². The van der Waals surface area contributed by atoms with Gasteiger partial charge in [0, 0.05) is 30.0 Å². The number of nitrogens with zero attached hydrogens (tertiary/aromatic N) is 2. The zero-order valence-electron chi connectivity index (χ0n) is 18.5. The number of ether oxygens (including phenoxy) is 1. The number of carbonyl (C=O) groups is 1. The summed E-state index contributed by atoms with van der Waals surface area (Å²) >= 11 is 0. The maximum Gasteiger partial charge on any atom is 0.337 e. The van der Waals surface area contributed by atoms with E-state index in [4.69, 9.17) is 9.72 Å². The summed E-state index contributed by atoms with van der Waals surface area (Å²) in [6.07, 6.45) is 8.39. The Labute approximate surface area is 188 Å². The largest absolute Gasteiger partial charge is 0.497 e. The first-order chi connectivity index (χ1) is 15.5. The van der Waals surface area contributed by atoms with Gasteiger partial charge in [-0.1, -0.05) is 19.3 Å². The van der Waals surface area contributed by atoms with Crippen molar-refractivity contribution in [2.45, 2.75) is 38.0 Å². The first-order valence-corrected chi connectivity index (χ1v) is 11.0. The van der Waals surface area contributed by atoms with Gasteiger partial charge in [0.05, 0.1) is 30.2 Å². The second-order valence-electron chi connectivity index (χ2n) is 8.22. The van der Waals surface area contributed by atoms with Gasteiger partial charge < -0.3 is 20.1 Å². The van der Waals surface area contributed by atoms with Crippen LogP contribution in [0.5, 0.6) is 5.75 Å². The summed E-state index contributed by atoms with van der Waals surface area (Å²) in [4.78, 5) is 18.4. The maximum atomic E-state index is 11.6. The van der Waals surface area contributed by atoms with Crippen LogP contribution in [-0.2, 0) is 0 Å². The smallest absolute Gasteiger partial charge is 0.337 e. The molecule has 0 radical (unpaired) electrons. The third-order valence-corrected chi connectivity index (χ3v) is 6.17. The highest BCUT2D eigenvalue weighted by Gasteiger charge is 2.17. The molecule has 4 rings (SSSR count). The Kier molecular flexibility index (Phi) is 6.59. The molecule has 0 unspecified atom stereocenters. The highest BCUT2D eigenvalue weighted by Crippen LogP contribution is 2.33. The van der Waals surface area contributed by atoms with E-state index in [0.29, 0.717) is 17.4 Å². The number of benzene rings is 2. The maximum absolute atomic E-state index is 11.6. The number of aromatic carboxylic acids is 1. The average molecular weight is 432 g/mol. The van der Waals surface area contributed by atoms with Crippen molar-refractivity contribution in [1.29, 1.82) is 0 Å². The number of methoxy groups -OCH3 is 1. The molecule has 0 bridgehead atoms. The number of pyridine rings is 1. The molecule has 1 aliphatic carbocycles. The summed E-state index contributed by atoms with van der Waals surface area (Å²) in [7, 11) is 3.54. The van der Waals surface area contributed by atoms with Crippen LogP contribution in [0, 0.1) is 0 Å². The van der Waals surface area contributed by atoms with Crippen molar-refractivity contribution in [3.05, 3.63) is 72.1 Å². The number of hydrogen-bond donors (Lipinski definition) is 2. The van der Waals surface area contributed by atoms with Crippen LogP contribution in [0.2, 0.25) is 0 Å². The Morgan fingerprint density at radius 3 is 2.38 bits per heavy atom. The minimum atomic E-state index is -1.01. The summed E-state index contributed by atoms with van der Waals surface area (Å²) in [5, 5.41) is 12.7. The lowest BCUT2D eigenvalue weighted by Crippen LogP contribution is -2.11. The van der Waals surface area contributed by atoms with Gasteiger partial charge in [-0.25, -0.2) is 4.79 Å². The Morgan fingerprint density at radius 1 is 1.03 bits per heavy atom. The van der Waals surface area contributed by atoms with Crippen LogP contribution in [-0.4, -0.2) is 30.2 Å². The Morgan fingerprint density at radius 2 is 1.75 bits per heavy atom. The molecule has 1 aromatic heterocycles. The van der Waals surface area contributed by atoms with Crippen LogP contribution >= 0.6 is 0 Å². The Hall–Kier alpha value is -3.54. The van der Waals surface area contributed by atoms with Crippen molar-refractivity contribution < 1.29 is 14.6 Å². The molecule has 2 aromatic carbocycles. The number of aromatic nitrogens is 1. The van der Waals surface area contributed by atoms with E-state index in [1.165, 1.54) is 51.0 Å². The molecule has 1 fully saturated rings. The summed E-state index contributed by atoms with van der Waals surface area (Å²) < 4.78 is 5.13. The highest BCUT2D eigenvalue weighted by atomic mass is 16.5. The fourth-order valence-electron chi connectivity index (χ4n) is 4.24. The van der Waals surface area contributed by atoms with Crippen molar-refractivity contribution in [3.63, 3.8) is 0 Å². The summed E-state index contributed by atoms with van der Waals surface area (Å²) in [6.45, 7) is 0. The third-order valence-electron chi connectivity index (χ3n) is 6.17. The van der Waals surface area contributed by atoms with Gasteiger partial charge in [0.15, 0.2) is 0 Å². The van der Waals surface area contributed by atoms with Crippen LogP contribution in [0.3, 0.4) is 0 Å². The number of hydrogen-bond acceptors (Lipinski definition) is 5. The standard InChI is InChI=1S/C26H29N3O3/c1-29(21-12-14-24(27-17-21)18-6-4-3-5-7-18)20-10-8-19(9-11-20)28-25-15-13-22(32-2)16-23(25)26(30)31/h8-18,28H,3-7H2,1-2H3,(H,30,31). The molecule has 2 N–H and O–H groups in total. The molecule has 1 heterocycles. The van der Waals surface area contributed by atoms with E-state index in [1.807, 2.05) is 37.5 Å². The SMILES string of the molecule is COc1ccc(Nc2ccc(N(C)c3ccc(C4CCCCC4)nc3)cc2)c(C(=O)O)c1. The minimum absolute atomic E-state index is 0.162. The lowest BCUT2D eigenvalue weighted by Gasteiger charge is -2.23. The van der Waals surface area contributed by atoms with Crippen LogP contribution < -0.4 is 15.0 Å². The predicted molar refractivity (Wildman–Crippen MR) is 128 cm³/mol. The molecule has 6 nitrogen and oxygen atoms in total. The van der Waals surface area contributed by atoms with Crippen molar-refractivity contribution in [1.82, 2.24) is 4.98 Å². The molecular weight excluding hydrogens is 402 g/mol. The molecule has 32 heavy (non-hydrogen) atoms. The van der Waals surface area contributed by atoms with E-state index < -0.39 is 5.97 Å². The number of nitrogens with one attached hydrogen (secondary N) is 1. The molecule has 1 aliphatic rings. The number of anilines is 4. The van der Waals surface area contributed by atoms with Crippen molar-refractivity contribution in [2.75, 3.05) is 24.4 Å². The fraction of sp³-hybridized carbons (Fsp3) is 0.308. The van der Waals surface area contributed by atoms with Crippen LogP contribution in [0.1, 0.15) is 54.1 Å². The molecule has 0 saturated heterocycles. The molecule has 166 valence electrons. The molecule has 0 amide bonds. The second-order valence-corrected chi connectivity index (χ2v) is 8.22. The lowest BCUT2D eigenvalue weighted by molar-refractivity contribution is 0.0697. The summed E-state index contributed by atoms with van der Waals surface area (Å²) in [6, 6.07) is 17.1. The second kappa shape index (κ2) is 9.73. The third kappa shape index (κ3) is 4.85. The fourth-order valence-corrected chi connectivity index (χ4v) is 4.24. The summed E-state index contributed by atoms with van der Waals surface area (Å²) in [5.41, 5.74) is 4.75. The van der Waals surface area contributed by atoms with E-state index >= 15 is 0 Å². The van der Waals surface area contributed by atoms with E-state index in [1.54, 1.807) is 12.1 Å². The predicted octanol–water partition coefficient (Wildman–Crippen LogP) is 6.35. The van der Waals surface area contributed by atoms with Crippen molar-refractivity contribution >= 4 is 28.7 Å². The van der Waals surface area contributed by atoms with E-state index in [2.05, 4.69) is 22.3 Å². The van der Waals surface area contributed by atoms with Gasteiger partial charge in [-0.2, -0.15) is 0 Å². The van der Waals surface area contributed by atoms with E-state index in [-0.39, 0.29) is 5.56 Å². The zero-order chi connectivity index (χ0) is 22.5. The number of rotatable bonds is 7.